The summed E-state index contributed by atoms with van der Waals surface area (Å²) in [5, 5.41) is 10.3. The maximum Gasteiger partial charge on any atom is 0.141 e. The summed E-state index contributed by atoms with van der Waals surface area (Å²) in [4.78, 5) is 6.18. The molecule has 0 aliphatic carbocycles. The van der Waals surface area contributed by atoms with Crippen molar-refractivity contribution in [2.45, 2.75) is 38.5 Å². The largest absolute Gasteiger partial charge is 0.386 e. The van der Waals surface area contributed by atoms with Crippen LogP contribution >= 0.6 is 0 Å². The first-order valence-corrected chi connectivity index (χ1v) is 7.10. The molecule has 1 aliphatic rings. The van der Waals surface area contributed by atoms with Gasteiger partial charge in [-0.1, -0.05) is 6.92 Å². The van der Waals surface area contributed by atoms with E-state index in [-0.39, 0.29) is 17.8 Å². The van der Waals surface area contributed by atoms with E-state index >= 15 is 0 Å². The van der Waals surface area contributed by atoms with Gasteiger partial charge in [-0.3, -0.25) is 4.98 Å². The summed E-state index contributed by atoms with van der Waals surface area (Å²) in [6.45, 7) is 5.61. The van der Waals surface area contributed by atoms with Gasteiger partial charge in [-0.05, 0) is 32.5 Å². The minimum absolute atomic E-state index is 0.0192. The van der Waals surface area contributed by atoms with E-state index in [9.17, 15) is 9.50 Å². The van der Waals surface area contributed by atoms with Crippen LogP contribution in [0.25, 0.3) is 0 Å². The molecular weight excluding hydrogens is 259 g/mol. The number of ether oxygens (including phenoxy) is 1. The highest BCUT2D eigenvalue weighted by molar-refractivity contribution is 5.09. The Labute approximate surface area is 119 Å². The molecule has 1 aliphatic heterocycles. The van der Waals surface area contributed by atoms with Gasteiger partial charge in [-0.25, -0.2) is 4.39 Å². The molecule has 1 saturated heterocycles. The molecule has 0 radical (unpaired) electrons. The lowest BCUT2D eigenvalue weighted by Gasteiger charge is -2.30. The van der Waals surface area contributed by atoms with Gasteiger partial charge in [-0.15, -0.1) is 0 Å². The topological polar surface area (TPSA) is 45.6 Å². The van der Waals surface area contributed by atoms with Crippen LogP contribution in [-0.4, -0.2) is 47.3 Å². The SMILES string of the molecule is CC(CN(C)C1CCOC1C)C(O)c1ccc(F)cn1. The molecule has 0 saturated carbocycles. The van der Waals surface area contributed by atoms with Gasteiger partial charge in [0.05, 0.1) is 24.1 Å². The molecule has 4 atom stereocenters. The highest BCUT2D eigenvalue weighted by Gasteiger charge is 2.30. The highest BCUT2D eigenvalue weighted by atomic mass is 19.1. The minimum Gasteiger partial charge on any atom is -0.386 e. The van der Waals surface area contributed by atoms with Crippen molar-refractivity contribution < 1.29 is 14.2 Å². The summed E-state index contributed by atoms with van der Waals surface area (Å²) >= 11 is 0. The number of hydrogen-bond acceptors (Lipinski definition) is 4. The van der Waals surface area contributed by atoms with Gasteiger partial charge >= 0.3 is 0 Å². The Kier molecular flexibility index (Phi) is 5.07. The Bertz CT molecular complexity index is 426. The standard InChI is InChI=1S/C15H23FN2O2/c1-10(9-18(3)14-6-7-20-11(14)2)15(19)13-5-4-12(16)8-17-13/h4-5,8,10-11,14-15,19H,6-7,9H2,1-3H3. The normalized spacial score (nSPS) is 25.9. The third-order valence-corrected chi connectivity index (χ3v) is 4.07. The predicted octanol–water partition coefficient (Wildman–Crippen LogP) is 2.00. The molecular formula is C15H23FN2O2. The van der Waals surface area contributed by atoms with E-state index in [1.807, 2.05) is 6.92 Å². The van der Waals surface area contributed by atoms with Gasteiger partial charge in [-0.2, -0.15) is 0 Å². The first kappa shape index (κ1) is 15.4. The molecule has 5 heteroatoms. The monoisotopic (exact) mass is 282 g/mol. The fourth-order valence-electron chi connectivity index (χ4n) is 2.84. The van der Waals surface area contributed by atoms with Crippen LogP contribution in [0.4, 0.5) is 4.39 Å². The molecule has 20 heavy (non-hydrogen) atoms. The lowest BCUT2D eigenvalue weighted by molar-refractivity contribution is 0.0529. The molecule has 0 spiro atoms. The maximum absolute atomic E-state index is 12.8. The first-order valence-electron chi connectivity index (χ1n) is 7.10. The lowest BCUT2D eigenvalue weighted by Crippen LogP contribution is -2.40. The number of aromatic nitrogens is 1. The van der Waals surface area contributed by atoms with Crippen LogP contribution in [0.3, 0.4) is 0 Å². The summed E-state index contributed by atoms with van der Waals surface area (Å²) in [6, 6.07) is 3.26. The van der Waals surface area contributed by atoms with E-state index in [1.54, 1.807) is 0 Å². The van der Waals surface area contributed by atoms with Crippen LogP contribution in [0.1, 0.15) is 32.1 Å². The zero-order valence-corrected chi connectivity index (χ0v) is 12.3. The Morgan fingerprint density at radius 3 is 2.85 bits per heavy atom. The number of likely N-dealkylation sites (N-methyl/N-ethyl adjacent to an activating group) is 1. The third-order valence-electron chi connectivity index (χ3n) is 4.07. The Hall–Kier alpha value is -1.04. The van der Waals surface area contributed by atoms with E-state index in [4.69, 9.17) is 4.74 Å². The number of hydrogen-bond donors (Lipinski definition) is 1. The number of halogens is 1. The van der Waals surface area contributed by atoms with Crippen LogP contribution in [-0.2, 0) is 4.74 Å². The van der Waals surface area contributed by atoms with Crippen molar-refractivity contribution in [3.05, 3.63) is 29.8 Å². The van der Waals surface area contributed by atoms with Crippen molar-refractivity contribution in [3.8, 4) is 0 Å². The van der Waals surface area contributed by atoms with Crippen molar-refractivity contribution in [3.63, 3.8) is 0 Å². The summed E-state index contributed by atoms with van der Waals surface area (Å²) in [6.07, 6.45) is 1.71. The van der Waals surface area contributed by atoms with Crippen LogP contribution in [0, 0.1) is 11.7 Å². The lowest BCUT2D eigenvalue weighted by atomic mass is 9.99. The van der Waals surface area contributed by atoms with Crippen LogP contribution in [0.2, 0.25) is 0 Å². The fraction of sp³-hybridized carbons (Fsp3) is 0.667. The quantitative estimate of drug-likeness (QED) is 0.897. The van der Waals surface area contributed by atoms with E-state index in [0.717, 1.165) is 25.8 Å². The smallest absolute Gasteiger partial charge is 0.141 e. The van der Waals surface area contributed by atoms with Gasteiger partial charge in [0, 0.05) is 25.1 Å². The van der Waals surface area contributed by atoms with Gasteiger partial charge in [0.15, 0.2) is 0 Å². The fourth-order valence-corrected chi connectivity index (χ4v) is 2.84. The Morgan fingerprint density at radius 1 is 1.55 bits per heavy atom. The molecule has 0 amide bonds. The molecule has 1 aromatic heterocycles. The second-order valence-electron chi connectivity index (χ2n) is 5.69. The summed E-state index contributed by atoms with van der Waals surface area (Å²) in [5.41, 5.74) is 0.517. The zero-order chi connectivity index (χ0) is 14.7. The van der Waals surface area contributed by atoms with Crippen LogP contribution in [0.5, 0.6) is 0 Å². The number of rotatable bonds is 5. The minimum atomic E-state index is -0.685. The van der Waals surface area contributed by atoms with Crippen molar-refractivity contribution in [1.29, 1.82) is 0 Å². The molecule has 1 N–H and O–H groups in total. The van der Waals surface area contributed by atoms with Gasteiger partial charge < -0.3 is 14.7 Å². The summed E-state index contributed by atoms with van der Waals surface area (Å²) in [7, 11) is 2.05. The molecule has 0 aromatic carbocycles. The molecule has 0 bridgehead atoms. The van der Waals surface area contributed by atoms with Gasteiger partial charge in [0.2, 0.25) is 0 Å². The zero-order valence-electron chi connectivity index (χ0n) is 12.3. The molecule has 1 aromatic rings. The second kappa shape index (κ2) is 6.61. The maximum atomic E-state index is 12.8. The van der Waals surface area contributed by atoms with E-state index < -0.39 is 6.10 Å². The molecule has 2 heterocycles. The van der Waals surface area contributed by atoms with Crippen molar-refractivity contribution in [2.24, 2.45) is 5.92 Å². The van der Waals surface area contributed by atoms with E-state index in [0.29, 0.717) is 11.7 Å². The average Bonchev–Trinajstić information content (AvgIpc) is 2.85. The number of pyridine rings is 1. The molecule has 4 nitrogen and oxygen atoms in total. The summed E-state index contributed by atoms with van der Waals surface area (Å²) < 4.78 is 18.4. The predicted molar refractivity (Wildman–Crippen MR) is 74.8 cm³/mol. The molecule has 4 unspecified atom stereocenters. The highest BCUT2D eigenvalue weighted by Crippen LogP contribution is 2.24. The first-order chi connectivity index (χ1) is 9.49. The second-order valence-corrected chi connectivity index (χ2v) is 5.69. The summed E-state index contributed by atoms with van der Waals surface area (Å²) in [5.74, 6) is -0.367. The van der Waals surface area contributed by atoms with Crippen LogP contribution < -0.4 is 0 Å². The number of aliphatic hydroxyl groups excluding tert-OH is 1. The van der Waals surface area contributed by atoms with Crippen molar-refractivity contribution in [2.75, 3.05) is 20.2 Å². The molecule has 1 fully saturated rings. The van der Waals surface area contributed by atoms with Crippen LogP contribution in [0.15, 0.2) is 18.3 Å². The molecule has 112 valence electrons. The van der Waals surface area contributed by atoms with E-state index in [1.165, 1.54) is 12.1 Å². The average molecular weight is 282 g/mol. The van der Waals surface area contributed by atoms with E-state index in [2.05, 4.69) is 23.9 Å². The third kappa shape index (κ3) is 3.53. The number of nitrogens with zero attached hydrogens (tertiary/aromatic N) is 2. The number of aliphatic hydroxyl groups is 1. The van der Waals surface area contributed by atoms with Crippen molar-refractivity contribution >= 4 is 0 Å². The van der Waals surface area contributed by atoms with Crippen molar-refractivity contribution in [1.82, 2.24) is 9.88 Å². The molecule has 2 rings (SSSR count). The Morgan fingerprint density at radius 2 is 2.30 bits per heavy atom. The van der Waals surface area contributed by atoms with Gasteiger partial charge in [0.1, 0.15) is 5.82 Å². The Balaban J connectivity index is 1.93. The van der Waals surface area contributed by atoms with Gasteiger partial charge in [0.25, 0.3) is 0 Å².